The molecular formula is C18H15ClN6OS. The Kier molecular flexibility index (Phi) is 5.49. The number of carbonyl (C=O) groups is 1. The molecule has 0 saturated carbocycles. The number of rotatable bonds is 4. The Morgan fingerprint density at radius 3 is 2.33 bits per heavy atom. The fourth-order valence-corrected chi connectivity index (χ4v) is 2.85. The molecule has 0 aliphatic rings. The molecule has 0 atom stereocenters. The number of primary amides is 1. The molecule has 0 fully saturated rings. The van der Waals surface area contributed by atoms with Crippen molar-refractivity contribution in [2.75, 3.05) is 16.4 Å². The van der Waals surface area contributed by atoms with Gasteiger partial charge in [0, 0.05) is 28.7 Å². The summed E-state index contributed by atoms with van der Waals surface area (Å²) in [6, 6.07) is 13.8. The van der Waals surface area contributed by atoms with Crippen molar-refractivity contribution in [3.63, 3.8) is 0 Å². The molecule has 1 heterocycles. The molecule has 0 aliphatic carbocycles. The SMILES string of the molecule is NC(=O)c1ccc(NC(=S)Nc2ccc(-c3ccnc(N)n3)c(Cl)c2)cc1. The van der Waals surface area contributed by atoms with Gasteiger partial charge in [0.15, 0.2) is 5.11 Å². The third-order valence-corrected chi connectivity index (χ3v) is 4.12. The third-order valence-electron chi connectivity index (χ3n) is 3.60. The lowest BCUT2D eigenvalue weighted by Crippen LogP contribution is -2.19. The summed E-state index contributed by atoms with van der Waals surface area (Å²) in [4.78, 5) is 19.1. The van der Waals surface area contributed by atoms with Crippen LogP contribution in [-0.2, 0) is 0 Å². The molecule has 1 aromatic heterocycles. The molecule has 0 aliphatic heterocycles. The summed E-state index contributed by atoms with van der Waals surface area (Å²) in [5, 5.41) is 6.93. The predicted molar refractivity (Wildman–Crippen MR) is 112 cm³/mol. The first-order valence-electron chi connectivity index (χ1n) is 7.79. The number of nitrogens with one attached hydrogen (secondary N) is 2. The maximum absolute atomic E-state index is 11.1. The van der Waals surface area contributed by atoms with Crippen molar-refractivity contribution in [3.8, 4) is 11.3 Å². The number of carbonyl (C=O) groups excluding carboxylic acids is 1. The number of aromatic nitrogens is 2. The van der Waals surface area contributed by atoms with Crippen molar-refractivity contribution in [2.45, 2.75) is 0 Å². The summed E-state index contributed by atoms with van der Waals surface area (Å²) in [5.74, 6) is -0.305. The third kappa shape index (κ3) is 4.69. The van der Waals surface area contributed by atoms with Crippen molar-refractivity contribution < 1.29 is 4.79 Å². The number of nitrogen functional groups attached to an aromatic ring is 1. The minimum atomic E-state index is -0.484. The molecule has 3 rings (SSSR count). The van der Waals surface area contributed by atoms with Crippen molar-refractivity contribution in [1.82, 2.24) is 9.97 Å². The van der Waals surface area contributed by atoms with Gasteiger partial charge in [-0.15, -0.1) is 0 Å². The van der Waals surface area contributed by atoms with Crippen LogP contribution in [0.4, 0.5) is 17.3 Å². The zero-order valence-electron chi connectivity index (χ0n) is 13.9. The first-order valence-corrected chi connectivity index (χ1v) is 8.57. The Morgan fingerprint density at radius 2 is 1.70 bits per heavy atom. The Hall–Kier alpha value is -3.23. The fraction of sp³-hybridized carbons (Fsp3) is 0. The van der Waals surface area contributed by atoms with Crippen LogP contribution in [0.3, 0.4) is 0 Å². The number of anilines is 3. The molecule has 0 unspecified atom stereocenters. The van der Waals surface area contributed by atoms with Crippen molar-refractivity contribution in [2.24, 2.45) is 5.73 Å². The largest absolute Gasteiger partial charge is 0.368 e. The minimum Gasteiger partial charge on any atom is -0.368 e. The highest BCUT2D eigenvalue weighted by molar-refractivity contribution is 7.80. The lowest BCUT2D eigenvalue weighted by molar-refractivity contribution is 0.100. The first-order chi connectivity index (χ1) is 12.9. The highest BCUT2D eigenvalue weighted by Gasteiger charge is 2.08. The van der Waals surface area contributed by atoms with E-state index in [0.717, 1.165) is 11.3 Å². The molecule has 136 valence electrons. The van der Waals surface area contributed by atoms with Crippen LogP contribution in [0.25, 0.3) is 11.3 Å². The van der Waals surface area contributed by atoms with Crippen LogP contribution in [0.15, 0.2) is 54.7 Å². The van der Waals surface area contributed by atoms with E-state index in [4.69, 9.17) is 35.3 Å². The van der Waals surface area contributed by atoms with Crippen molar-refractivity contribution in [1.29, 1.82) is 0 Å². The molecule has 3 aromatic rings. The molecule has 1 amide bonds. The smallest absolute Gasteiger partial charge is 0.248 e. The summed E-state index contributed by atoms with van der Waals surface area (Å²) in [5.41, 5.74) is 14.0. The van der Waals surface area contributed by atoms with Crippen LogP contribution in [0.5, 0.6) is 0 Å². The van der Waals surface area contributed by atoms with Crippen LogP contribution < -0.4 is 22.1 Å². The van der Waals surface area contributed by atoms with Gasteiger partial charge in [0.05, 0.1) is 10.7 Å². The highest BCUT2D eigenvalue weighted by atomic mass is 35.5. The van der Waals surface area contributed by atoms with Gasteiger partial charge in [0.2, 0.25) is 11.9 Å². The molecule has 0 saturated heterocycles. The molecule has 7 nitrogen and oxygen atoms in total. The first kappa shape index (κ1) is 18.6. The van der Waals surface area contributed by atoms with Crippen LogP contribution in [0, 0.1) is 0 Å². The van der Waals surface area contributed by atoms with E-state index in [9.17, 15) is 4.79 Å². The van der Waals surface area contributed by atoms with Crippen molar-refractivity contribution in [3.05, 3.63) is 65.3 Å². The Labute approximate surface area is 165 Å². The van der Waals surface area contributed by atoms with Crippen LogP contribution >= 0.6 is 23.8 Å². The fourth-order valence-electron chi connectivity index (χ4n) is 2.34. The Balaban J connectivity index is 1.69. The number of thiocarbonyl (C=S) groups is 1. The normalized spacial score (nSPS) is 10.3. The summed E-state index contributed by atoms with van der Waals surface area (Å²) in [6.07, 6.45) is 1.57. The second kappa shape index (κ2) is 7.98. The minimum absolute atomic E-state index is 0.179. The molecule has 0 spiro atoms. The Bertz CT molecular complexity index is 1010. The van der Waals surface area contributed by atoms with E-state index >= 15 is 0 Å². The van der Waals surface area contributed by atoms with Gasteiger partial charge < -0.3 is 22.1 Å². The van der Waals surface area contributed by atoms with E-state index in [-0.39, 0.29) is 5.95 Å². The molecule has 6 N–H and O–H groups in total. The summed E-state index contributed by atoms with van der Waals surface area (Å²) >= 11 is 11.7. The van der Waals surface area contributed by atoms with E-state index in [1.807, 2.05) is 12.1 Å². The molecule has 2 aromatic carbocycles. The maximum atomic E-state index is 11.1. The molecule has 0 bridgehead atoms. The standard InChI is InChI=1S/C18H15ClN6OS/c19-14-9-12(5-6-13(14)15-7-8-22-17(21)25-15)24-18(27)23-11-3-1-10(2-4-11)16(20)26/h1-9H,(H2,20,26)(H2,21,22,25)(H2,23,24,27). The topological polar surface area (TPSA) is 119 Å². The molecule has 0 radical (unpaired) electrons. The predicted octanol–water partition coefficient (Wildman–Crippen LogP) is 3.29. The number of hydrogen-bond donors (Lipinski definition) is 4. The van der Waals surface area contributed by atoms with E-state index in [1.54, 1.807) is 42.6 Å². The second-order valence-corrected chi connectivity index (χ2v) is 6.33. The van der Waals surface area contributed by atoms with Gasteiger partial charge in [-0.3, -0.25) is 4.79 Å². The van der Waals surface area contributed by atoms with E-state index in [1.165, 1.54) is 0 Å². The highest BCUT2D eigenvalue weighted by Crippen LogP contribution is 2.29. The summed E-state index contributed by atoms with van der Waals surface area (Å²) in [6.45, 7) is 0. The van der Waals surface area contributed by atoms with E-state index in [2.05, 4.69) is 20.6 Å². The lowest BCUT2D eigenvalue weighted by atomic mass is 10.1. The van der Waals surface area contributed by atoms with Gasteiger partial charge in [0.25, 0.3) is 0 Å². The monoisotopic (exact) mass is 398 g/mol. The van der Waals surface area contributed by atoms with Gasteiger partial charge in [-0.1, -0.05) is 11.6 Å². The van der Waals surface area contributed by atoms with Crippen LogP contribution in [0.1, 0.15) is 10.4 Å². The molecule has 27 heavy (non-hydrogen) atoms. The summed E-state index contributed by atoms with van der Waals surface area (Å²) < 4.78 is 0. The number of amides is 1. The number of halogens is 1. The quantitative estimate of drug-likeness (QED) is 0.498. The van der Waals surface area contributed by atoms with Crippen molar-refractivity contribution >= 4 is 52.2 Å². The zero-order chi connectivity index (χ0) is 19.4. The lowest BCUT2D eigenvalue weighted by Gasteiger charge is -2.12. The number of hydrogen-bond acceptors (Lipinski definition) is 5. The summed E-state index contributed by atoms with van der Waals surface area (Å²) in [7, 11) is 0. The average Bonchev–Trinajstić information content (AvgIpc) is 2.62. The van der Waals surface area contributed by atoms with E-state index < -0.39 is 5.91 Å². The number of benzene rings is 2. The molecular weight excluding hydrogens is 384 g/mol. The van der Waals surface area contributed by atoms with Gasteiger partial charge in [-0.25, -0.2) is 9.97 Å². The van der Waals surface area contributed by atoms with Crippen LogP contribution in [0.2, 0.25) is 5.02 Å². The van der Waals surface area contributed by atoms with E-state index in [0.29, 0.717) is 27.1 Å². The number of nitrogens with two attached hydrogens (primary N) is 2. The Morgan fingerprint density at radius 1 is 1.04 bits per heavy atom. The maximum Gasteiger partial charge on any atom is 0.248 e. The van der Waals surface area contributed by atoms with Crippen LogP contribution in [-0.4, -0.2) is 21.0 Å². The van der Waals surface area contributed by atoms with Gasteiger partial charge in [-0.2, -0.15) is 0 Å². The zero-order valence-corrected chi connectivity index (χ0v) is 15.5. The second-order valence-electron chi connectivity index (χ2n) is 5.52. The van der Waals surface area contributed by atoms with Gasteiger partial charge in [-0.05, 0) is 60.7 Å². The average molecular weight is 399 g/mol. The van der Waals surface area contributed by atoms with Gasteiger partial charge in [0.1, 0.15) is 0 Å². The molecule has 9 heteroatoms. The van der Waals surface area contributed by atoms with Gasteiger partial charge >= 0.3 is 0 Å². The number of nitrogens with zero attached hydrogens (tertiary/aromatic N) is 2.